The van der Waals surface area contributed by atoms with Crippen molar-refractivity contribution in [1.82, 2.24) is 5.32 Å². The molecular formula is C12H16N2O4. The Hall–Kier alpha value is -1.95. The molecule has 18 heavy (non-hydrogen) atoms. The lowest BCUT2D eigenvalue weighted by atomic mass is 10.1. The maximum absolute atomic E-state index is 11.8. The van der Waals surface area contributed by atoms with E-state index >= 15 is 0 Å². The molecule has 0 aliphatic heterocycles. The second-order valence-corrected chi connectivity index (χ2v) is 4.30. The highest BCUT2D eigenvalue weighted by molar-refractivity contribution is 5.98. The van der Waals surface area contributed by atoms with E-state index in [0.29, 0.717) is 0 Å². The van der Waals surface area contributed by atoms with Crippen LogP contribution in [0.5, 0.6) is 0 Å². The molecule has 0 aliphatic rings. The van der Waals surface area contributed by atoms with Gasteiger partial charge in [0.05, 0.1) is 11.0 Å². The monoisotopic (exact) mass is 252 g/mol. The first-order valence-electron chi connectivity index (χ1n) is 5.63. The van der Waals surface area contributed by atoms with E-state index in [0.717, 1.165) is 0 Å². The fourth-order valence-corrected chi connectivity index (χ4v) is 1.35. The molecule has 0 aromatic heterocycles. The fraction of sp³-hybridized carbons (Fsp3) is 0.417. The van der Waals surface area contributed by atoms with Gasteiger partial charge in [0, 0.05) is 12.6 Å². The number of benzene rings is 1. The van der Waals surface area contributed by atoms with Gasteiger partial charge in [-0.05, 0) is 12.0 Å². The van der Waals surface area contributed by atoms with Crippen LogP contribution in [0.4, 0.5) is 5.69 Å². The number of nitro groups is 1. The summed E-state index contributed by atoms with van der Waals surface area (Å²) < 4.78 is 0. The molecule has 0 aliphatic carbocycles. The molecule has 1 amide bonds. The van der Waals surface area contributed by atoms with Crippen LogP contribution in [0.1, 0.15) is 24.2 Å². The quantitative estimate of drug-likeness (QED) is 0.611. The van der Waals surface area contributed by atoms with Gasteiger partial charge < -0.3 is 10.4 Å². The summed E-state index contributed by atoms with van der Waals surface area (Å²) in [6, 6.07) is 5.71. The van der Waals surface area contributed by atoms with Gasteiger partial charge in [-0.15, -0.1) is 0 Å². The Morgan fingerprint density at radius 3 is 2.61 bits per heavy atom. The van der Waals surface area contributed by atoms with Gasteiger partial charge in [-0.3, -0.25) is 14.9 Å². The van der Waals surface area contributed by atoms with Crippen LogP contribution >= 0.6 is 0 Å². The molecule has 0 saturated heterocycles. The van der Waals surface area contributed by atoms with E-state index in [1.54, 1.807) is 6.07 Å². The molecule has 6 heteroatoms. The summed E-state index contributed by atoms with van der Waals surface area (Å²) in [7, 11) is 0. The Kier molecular flexibility index (Phi) is 4.79. The Morgan fingerprint density at radius 1 is 1.44 bits per heavy atom. The predicted molar refractivity (Wildman–Crippen MR) is 66.3 cm³/mol. The number of hydrogen-bond acceptors (Lipinski definition) is 4. The molecule has 0 radical (unpaired) electrons. The highest BCUT2D eigenvalue weighted by Gasteiger charge is 2.20. The molecule has 0 spiro atoms. The second kappa shape index (κ2) is 6.11. The summed E-state index contributed by atoms with van der Waals surface area (Å²) in [5, 5.41) is 22.8. The number of nitrogens with zero attached hydrogens (tertiary/aromatic N) is 1. The van der Waals surface area contributed by atoms with Crippen molar-refractivity contribution in [3.63, 3.8) is 0 Å². The fourth-order valence-electron chi connectivity index (χ4n) is 1.35. The van der Waals surface area contributed by atoms with E-state index in [1.807, 2.05) is 13.8 Å². The number of nitro benzene ring substituents is 1. The molecule has 1 atom stereocenters. The van der Waals surface area contributed by atoms with Gasteiger partial charge in [0.25, 0.3) is 11.6 Å². The average Bonchev–Trinajstić information content (AvgIpc) is 2.35. The summed E-state index contributed by atoms with van der Waals surface area (Å²) in [4.78, 5) is 21.9. The lowest BCUT2D eigenvalue weighted by Crippen LogP contribution is -2.34. The highest BCUT2D eigenvalue weighted by Crippen LogP contribution is 2.17. The molecule has 98 valence electrons. The third-order valence-electron chi connectivity index (χ3n) is 2.59. The first-order valence-corrected chi connectivity index (χ1v) is 5.63. The van der Waals surface area contributed by atoms with Crippen molar-refractivity contribution in [3.05, 3.63) is 39.9 Å². The van der Waals surface area contributed by atoms with Crippen LogP contribution in [0.15, 0.2) is 24.3 Å². The van der Waals surface area contributed by atoms with Crippen LogP contribution in [0.25, 0.3) is 0 Å². The minimum absolute atomic E-state index is 0.00143. The normalized spacial score (nSPS) is 12.2. The summed E-state index contributed by atoms with van der Waals surface area (Å²) >= 11 is 0. The number of aliphatic hydroxyl groups excluding tert-OH is 1. The molecule has 0 heterocycles. The van der Waals surface area contributed by atoms with Gasteiger partial charge >= 0.3 is 0 Å². The largest absolute Gasteiger partial charge is 0.391 e. The molecule has 2 N–H and O–H groups in total. The van der Waals surface area contributed by atoms with Crippen LogP contribution in [0.2, 0.25) is 0 Å². The third kappa shape index (κ3) is 3.53. The van der Waals surface area contributed by atoms with E-state index in [2.05, 4.69) is 5.32 Å². The molecular weight excluding hydrogens is 236 g/mol. The smallest absolute Gasteiger partial charge is 0.282 e. The Labute approximate surface area is 105 Å². The molecule has 0 fully saturated rings. The molecule has 6 nitrogen and oxygen atoms in total. The summed E-state index contributed by atoms with van der Waals surface area (Å²) in [6.07, 6.45) is -0.670. The first kappa shape index (κ1) is 14.1. The SMILES string of the molecule is CC(C)C(O)CNC(=O)c1ccccc1[N+](=O)[O-]. The van der Waals surface area contributed by atoms with Gasteiger partial charge in [-0.25, -0.2) is 0 Å². The summed E-state index contributed by atoms with van der Waals surface area (Å²) in [6.45, 7) is 3.71. The van der Waals surface area contributed by atoms with Gasteiger partial charge in [0.15, 0.2) is 0 Å². The number of nitrogens with one attached hydrogen (secondary N) is 1. The Morgan fingerprint density at radius 2 is 2.06 bits per heavy atom. The first-order chi connectivity index (χ1) is 8.43. The number of carbonyl (C=O) groups excluding carboxylic acids is 1. The highest BCUT2D eigenvalue weighted by atomic mass is 16.6. The Bertz CT molecular complexity index is 445. The van der Waals surface area contributed by atoms with Crippen LogP contribution in [-0.4, -0.2) is 28.6 Å². The van der Waals surface area contributed by atoms with Crippen molar-refractivity contribution < 1.29 is 14.8 Å². The summed E-state index contributed by atoms with van der Waals surface area (Å²) in [5.41, 5.74) is -0.243. The van der Waals surface area contributed by atoms with E-state index in [4.69, 9.17) is 0 Å². The topological polar surface area (TPSA) is 92.5 Å². The van der Waals surface area contributed by atoms with Crippen LogP contribution < -0.4 is 5.32 Å². The maximum Gasteiger partial charge on any atom is 0.282 e. The minimum atomic E-state index is -0.670. The maximum atomic E-state index is 11.8. The van der Waals surface area contributed by atoms with E-state index < -0.39 is 16.9 Å². The number of para-hydroxylation sites is 1. The van der Waals surface area contributed by atoms with Crippen molar-refractivity contribution in [2.45, 2.75) is 20.0 Å². The molecule has 1 aromatic carbocycles. The predicted octanol–water partition coefficient (Wildman–Crippen LogP) is 1.34. The van der Waals surface area contributed by atoms with Crippen LogP contribution in [-0.2, 0) is 0 Å². The van der Waals surface area contributed by atoms with Gasteiger partial charge in [0.1, 0.15) is 5.56 Å². The molecule has 1 unspecified atom stereocenters. The van der Waals surface area contributed by atoms with Crippen molar-refractivity contribution in [3.8, 4) is 0 Å². The molecule has 1 rings (SSSR count). The standard InChI is InChI=1S/C12H16N2O4/c1-8(2)11(15)7-13-12(16)9-5-3-4-6-10(9)14(17)18/h3-6,8,11,15H,7H2,1-2H3,(H,13,16). The number of carbonyl (C=O) groups is 1. The van der Waals surface area contributed by atoms with Crippen molar-refractivity contribution >= 4 is 11.6 Å². The number of hydrogen-bond donors (Lipinski definition) is 2. The van der Waals surface area contributed by atoms with E-state index in [-0.39, 0.29) is 23.7 Å². The Balaban J connectivity index is 2.76. The molecule has 0 bridgehead atoms. The minimum Gasteiger partial charge on any atom is -0.391 e. The van der Waals surface area contributed by atoms with Crippen molar-refractivity contribution in [2.24, 2.45) is 5.92 Å². The summed E-state index contributed by atoms with van der Waals surface area (Å²) in [5.74, 6) is -0.543. The second-order valence-electron chi connectivity index (χ2n) is 4.30. The zero-order valence-electron chi connectivity index (χ0n) is 10.3. The lowest BCUT2D eigenvalue weighted by Gasteiger charge is -2.14. The number of aliphatic hydroxyl groups is 1. The lowest BCUT2D eigenvalue weighted by molar-refractivity contribution is -0.385. The van der Waals surface area contributed by atoms with E-state index in [1.165, 1.54) is 18.2 Å². The third-order valence-corrected chi connectivity index (χ3v) is 2.59. The van der Waals surface area contributed by atoms with Crippen molar-refractivity contribution in [1.29, 1.82) is 0 Å². The van der Waals surface area contributed by atoms with Crippen LogP contribution in [0.3, 0.4) is 0 Å². The average molecular weight is 252 g/mol. The molecule has 0 saturated carbocycles. The van der Waals surface area contributed by atoms with Gasteiger partial charge in [-0.1, -0.05) is 26.0 Å². The number of rotatable bonds is 5. The number of amides is 1. The zero-order chi connectivity index (χ0) is 13.7. The zero-order valence-corrected chi connectivity index (χ0v) is 10.3. The molecule has 1 aromatic rings. The van der Waals surface area contributed by atoms with Gasteiger partial charge in [-0.2, -0.15) is 0 Å². The van der Waals surface area contributed by atoms with Gasteiger partial charge in [0.2, 0.25) is 0 Å². The van der Waals surface area contributed by atoms with E-state index in [9.17, 15) is 20.0 Å². The van der Waals surface area contributed by atoms with Crippen molar-refractivity contribution in [2.75, 3.05) is 6.54 Å². The van der Waals surface area contributed by atoms with Crippen LogP contribution in [0, 0.1) is 16.0 Å².